The molecule has 16 heavy (non-hydrogen) atoms. The average Bonchev–Trinajstić information content (AvgIpc) is 2.34. The molecule has 0 aliphatic heterocycles. The molecule has 3 heteroatoms. The first-order chi connectivity index (χ1) is 7.86. The van der Waals surface area contributed by atoms with Crippen molar-refractivity contribution in [2.75, 3.05) is 26.9 Å². The van der Waals surface area contributed by atoms with Crippen LogP contribution in [0.5, 0.6) is 5.75 Å². The number of hydrogen-bond donors (Lipinski definition) is 1. The predicted octanol–water partition coefficient (Wildman–Crippen LogP) is 2.08. The molecule has 1 unspecified atom stereocenters. The van der Waals surface area contributed by atoms with E-state index in [1.54, 1.807) is 7.11 Å². The minimum absolute atomic E-state index is 0.421. The summed E-state index contributed by atoms with van der Waals surface area (Å²) in [5.74, 6) is 0.920. The van der Waals surface area contributed by atoms with Gasteiger partial charge in [0.15, 0.2) is 0 Å². The fourth-order valence-corrected chi connectivity index (χ4v) is 1.47. The van der Waals surface area contributed by atoms with Crippen molar-refractivity contribution in [1.29, 1.82) is 0 Å². The maximum atomic E-state index is 5.58. The highest BCUT2D eigenvalue weighted by atomic mass is 16.5. The molecule has 0 aliphatic carbocycles. The van der Waals surface area contributed by atoms with Gasteiger partial charge in [0.25, 0.3) is 0 Å². The number of hydrogen-bond acceptors (Lipinski definition) is 3. The van der Waals surface area contributed by atoms with E-state index in [0.29, 0.717) is 12.6 Å². The van der Waals surface area contributed by atoms with Crippen molar-refractivity contribution in [2.24, 2.45) is 0 Å². The van der Waals surface area contributed by atoms with Gasteiger partial charge >= 0.3 is 0 Å². The molecular weight excluding hydrogens is 202 g/mol. The number of para-hydroxylation sites is 1. The minimum atomic E-state index is 0.421. The zero-order valence-electron chi connectivity index (χ0n) is 10.1. The van der Waals surface area contributed by atoms with E-state index in [1.165, 1.54) is 0 Å². The molecule has 1 aromatic carbocycles. The molecule has 0 saturated heterocycles. The lowest BCUT2D eigenvalue weighted by Crippen LogP contribution is -2.35. The first-order valence-corrected chi connectivity index (χ1v) is 5.77. The Bertz CT molecular complexity index is 264. The number of ether oxygens (including phenoxy) is 2. The molecule has 0 saturated carbocycles. The Morgan fingerprint density at radius 3 is 2.62 bits per heavy atom. The smallest absolute Gasteiger partial charge is 0.119 e. The molecular formula is C13H21NO2. The highest BCUT2D eigenvalue weighted by molar-refractivity contribution is 5.20. The van der Waals surface area contributed by atoms with Crippen LogP contribution < -0.4 is 10.1 Å². The number of rotatable bonds is 8. The molecule has 0 aromatic heterocycles. The van der Waals surface area contributed by atoms with E-state index in [0.717, 1.165) is 25.3 Å². The van der Waals surface area contributed by atoms with Crippen LogP contribution in [0.3, 0.4) is 0 Å². The summed E-state index contributed by atoms with van der Waals surface area (Å²) >= 11 is 0. The second-order valence-corrected chi connectivity index (χ2v) is 3.68. The van der Waals surface area contributed by atoms with Gasteiger partial charge in [0.05, 0.1) is 6.61 Å². The average molecular weight is 223 g/mol. The minimum Gasteiger partial charge on any atom is -0.492 e. The van der Waals surface area contributed by atoms with Gasteiger partial charge in [0.2, 0.25) is 0 Å². The van der Waals surface area contributed by atoms with Crippen LogP contribution in [0.4, 0.5) is 0 Å². The van der Waals surface area contributed by atoms with E-state index >= 15 is 0 Å². The number of nitrogens with one attached hydrogen (secondary N) is 1. The molecule has 1 atom stereocenters. The summed E-state index contributed by atoms with van der Waals surface area (Å²) in [5, 5.41) is 3.39. The monoisotopic (exact) mass is 223 g/mol. The van der Waals surface area contributed by atoms with Crippen molar-refractivity contribution in [2.45, 2.75) is 19.4 Å². The Morgan fingerprint density at radius 1 is 1.25 bits per heavy atom. The molecule has 0 amide bonds. The lowest BCUT2D eigenvalue weighted by molar-refractivity contribution is 0.161. The standard InChI is InChI=1S/C13H21NO2/c1-3-12(11-15-2)14-9-10-16-13-7-5-4-6-8-13/h4-8,12,14H,3,9-11H2,1-2H3. The molecule has 90 valence electrons. The zero-order chi connectivity index (χ0) is 11.6. The van der Waals surface area contributed by atoms with E-state index in [4.69, 9.17) is 9.47 Å². The lowest BCUT2D eigenvalue weighted by atomic mass is 10.2. The van der Waals surface area contributed by atoms with Gasteiger partial charge in [-0.1, -0.05) is 25.1 Å². The molecule has 3 nitrogen and oxygen atoms in total. The van der Waals surface area contributed by atoms with Crippen LogP contribution in [0.2, 0.25) is 0 Å². The van der Waals surface area contributed by atoms with Crippen molar-refractivity contribution >= 4 is 0 Å². The van der Waals surface area contributed by atoms with Gasteiger partial charge < -0.3 is 14.8 Å². The third-order valence-electron chi connectivity index (χ3n) is 2.41. The summed E-state index contributed by atoms with van der Waals surface area (Å²) in [7, 11) is 1.73. The molecule has 1 aromatic rings. The Labute approximate surface area is 97.8 Å². The van der Waals surface area contributed by atoms with Crippen molar-refractivity contribution in [3.8, 4) is 5.75 Å². The normalized spacial score (nSPS) is 12.4. The molecule has 0 spiro atoms. The highest BCUT2D eigenvalue weighted by Crippen LogP contribution is 2.07. The van der Waals surface area contributed by atoms with Crippen LogP contribution in [0.25, 0.3) is 0 Å². The van der Waals surface area contributed by atoms with Crippen LogP contribution in [0.1, 0.15) is 13.3 Å². The summed E-state index contributed by atoms with van der Waals surface area (Å²) in [6.45, 7) is 4.43. The maximum Gasteiger partial charge on any atom is 0.119 e. The predicted molar refractivity (Wildman–Crippen MR) is 65.9 cm³/mol. The molecule has 0 radical (unpaired) electrons. The Morgan fingerprint density at radius 2 is 2.00 bits per heavy atom. The van der Waals surface area contributed by atoms with Gasteiger partial charge in [0, 0.05) is 19.7 Å². The van der Waals surface area contributed by atoms with E-state index < -0.39 is 0 Å². The summed E-state index contributed by atoms with van der Waals surface area (Å²) in [6, 6.07) is 10.3. The third kappa shape index (κ3) is 5.14. The van der Waals surface area contributed by atoms with Crippen molar-refractivity contribution < 1.29 is 9.47 Å². The van der Waals surface area contributed by atoms with Crippen molar-refractivity contribution in [1.82, 2.24) is 5.32 Å². The molecule has 0 heterocycles. The first-order valence-electron chi connectivity index (χ1n) is 5.77. The Balaban J connectivity index is 2.11. The topological polar surface area (TPSA) is 30.5 Å². The summed E-state index contributed by atoms with van der Waals surface area (Å²) in [5.41, 5.74) is 0. The third-order valence-corrected chi connectivity index (χ3v) is 2.41. The first kappa shape index (κ1) is 13.0. The van der Waals surface area contributed by atoms with Gasteiger partial charge in [-0.05, 0) is 18.6 Å². The van der Waals surface area contributed by atoms with Crippen molar-refractivity contribution in [3.63, 3.8) is 0 Å². The molecule has 0 fully saturated rings. The lowest BCUT2D eigenvalue weighted by Gasteiger charge is -2.15. The summed E-state index contributed by atoms with van der Waals surface area (Å²) in [6.07, 6.45) is 1.07. The van der Waals surface area contributed by atoms with E-state index in [-0.39, 0.29) is 0 Å². The van der Waals surface area contributed by atoms with E-state index in [9.17, 15) is 0 Å². The SMILES string of the molecule is CCC(COC)NCCOc1ccccc1. The van der Waals surface area contributed by atoms with Gasteiger partial charge in [-0.2, -0.15) is 0 Å². The van der Waals surface area contributed by atoms with Crippen LogP contribution in [-0.4, -0.2) is 32.9 Å². The second kappa shape index (κ2) is 8.13. The van der Waals surface area contributed by atoms with Crippen LogP contribution in [0, 0.1) is 0 Å². The second-order valence-electron chi connectivity index (χ2n) is 3.68. The van der Waals surface area contributed by atoms with Crippen LogP contribution in [0.15, 0.2) is 30.3 Å². The Kier molecular flexibility index (Phi) is 6.61. The van der Waals surface area contributed by atoms with Gasteiger partial charge in [0.1, 0.15) is 12.4 Å². The summed E-state index contributed by atoms with van der Waals surface area (Å²) in [4.78, 5) is 0. The van der Waals surface area contributed by atoms with Crippen LogP contribution >= 0.6 is 0 Å². The van der Waals surface area contributed by atoms with Gasteiger partial charge in [-0.3, -0.25) is 0 Å². The molecule has 1 rings (SSSR count). The molecule has 0 aliphatic rings. The fourth-order valence-electron chi connectivity index (χ4n) is 1.47. The maximum absolute atomic E-state index is 5.58. The van der Waals surface area contributed by atoms with E-state index in [1.807, 2.05) is 30.3 Å². The van der Waals surface area contributed by atoms with Crippen LogP contribution in [-0.2, 0) is 4.74 Å². The zero-order valence-corrected chi connectivity index (χ0v) is 10.1. The fraction of sp³-hybridized carbons (Fsp3) is 0.538. The quantitative estimate of drug-likeness (QED) is 0.684. The van der Waals surface area contributed by atoms with Crippen molar-refractivity contribution in [3.05, 3.63) is 30.3 Å². The highest BCUT2D eigenvalue weighted by Gasteiger charge is 2.03. The van der Waals surface area contributed by atoms with Gasteiger partial charge in [-0.15, -0.1) is 0 Å². The number of benzene rings is 1. The largest absolute Gasteiger partial charge is 0.492 e. The molecule has 1 N–H and O–H groups in total. The van der Waals surface area contributed by atoms with Gasteiger partial charge in [-0.25, -0.2) is 0 Å². The summed E-state index contributed by atoms with van der Waals surface area (Å²) < 4.78 is 10.7. The van der Waals surface area contributed by atoms with E-state index in [2.05, 4.69) is 12.2 Å². The number of methoxy groups -OCH3 is 1. The Hall–Kier alpha value is -1.06. The molecule has 0 bridgehead atoms.